The van der Waals surface area contributed by atoms with Gasteiger partial charge in [-0.05, 0) is 36.6 Å². The summed E-state index contributed by atoms with van der Waals surface area (Å²) < 4.78 is 5.33. The van der Waals surface area contributed by atoms with Crippen LogP contribution in [0.1, 0.15) is 42.4 Å². The number of nitrogens with one attached hydrogen (secondary N) is 1. The van der Waals surface area contributed by atoms with E-state index in [0.717, 1.165) is 13.2 Å². The van der Waals surface area contributed by atoms with Crippen molar-refractivity contribution in [1.29, 1.82) is 0 Å². The summed E-state index contributed by atoms with van der Waals surface area (Å²) in [7, 11) is 3.76. The van der Waals surface area contributed by atoms with E-state index >= 15 is 0 Å². The van der Waals surface area contributed by atoms with E-state index in [-0.39, 0.29) is 0 Å². The number of hydrogen-bond donors (Lipinski definition) is 1. The standard InChI is InChI=1S/C15H25NO/c1-11(2)13-7-6-12(3)15(8-13)14(9-16-4)10-17-5/h6-8,11,14,16H,9-10H2,1-5H3. The van der Waals surface area contributed by atoms with Gasteiger partial charge in [0.25, 0.3) is 0 Å². The van der Waals surface area contributed by atoms with Gasteiger partial charge in [0, 0.05) is 19.6 Å². The second-order valence-electron chi connectivity index (χ2n) is 4.98. The Morgan fingerprint density at radius 1 is 1.29 bits per heavy atom. The second kappa shape index (κ2) is 6.77. The Bertz CT molecular complexity index is 341. The number of aryl methyl sites for hydroxylation is 1. The van der Waals surface area contributed by atoms with Gasteiger partial charge in [0.2, 0.25) is 0 Å². The van der Waals surface area contributed by atoms with Crippen molar-refractivity contribution >= 4 is 0 Å². The molecule has 0 heterocycles. The molecule has 1 aromatic carbocycles. The van der Waals surface area contributed by atoms with Gasteiger partial charge in [0.1, 0.15) is 0 Å². The summed E-state index contributed by atoms with van der Waals surface area (Å²) in [5.74, 6) is 1.01. The molecular weight excluding hydrogens is 210 g/mol. The smallest absolute Gasteiger partial charge is 0.0543 e. The van der Waals surface area contributed by atoms with Crippen LogP contribution in [-0.4, -0.2) is 27.3 Å². The minimum absolute atomic E-state index is 0.434. The topological polar surface area (TPSA) is 21.3 Å². The van der Waals surface area contributed by atoms with Gasteiger partial charge >= 0.3 is 0 Å². The number of likely N-dealkylation sites (N-methyl/N-ethyl adjacent to an activating group) is 1. The maximum Gasteiger partial charge on any atom is 0.0543 e. The van der Waals surface area contributed by atoms with E-state index in [2.05, 4.69) is 44.3 Å². The predicted octanol–water partition coefficient (Wildman–Crippen LogP) is 3.07. The monoisotopic (exact) mass is 235 g/mol. The molecule has 0 amide bonds. The zero-order valence-electron chi connectivity index (χ0n) is 11.7. The van der Waals surface area contributed by atoms with Crippen molar-refractivity contribution < 1.29 is 4.74 Å². The van der Waals surface area contributed by atoms with Crippen LogP contribution >= 0.6 is 0 Å². The summed E-state index contributed by atoms with van der Waals surface area (Å²) >= 11 is 0. The molecular formula is C15H25NO. The highest BCUT2D eigenvalue weighted by Gasteiger charge is 2.14. The molecule has 0 bridgehead atoms. The van der Waals surface area contributed by atoms with Crippen LogP contribution in [0.25, 0.3) is 0 Å². The first-order valence-electron chi connectivity index (χ1n) is 6.34. The average Bonchev–Trinajstić information content (AvgIpc) is 2.29. The minimum Gasteiger partial charge on any atom is -0.384 e. The molecule has 1 rings (SSSR count). The fourth-order valence-corrected chi connectivity index (χ4v) is 2.16. The van der Waals surface area contributed by atoms with E-state index in [0.29, 0.717) is 11.8 Å². The quantitative estimate of drug-likeness (QED) is 0.818. The molecule has 17 heavy (non-hydrogen) atoms. The van der Waals surface area contributed by atoms with Crippen molar-refractivity contribution in [3.8, 4) is 0 Å². The maximum atomic E-state index is 5.33. The average molecular weight is 235 g/mol. The lowest BCUT2D eigenvalue weighted by Gasteiger charge is -2.20. The molecule has 0 aliphatic heterocycles. The molecule has 2 nitrogen and oxygen atoms in total. The molecule has 0 saturated heterocycles. The van der Waals surface area contributed by atoms with Gasteiger partial charge in [0.05, 0.1) is 6.61 Å². The minimum atomic E-state index is 0.434. The largest absolute Gasteiger partial charge is 0.384 e. The fourth-order valence-electron chi connectivity index (χ4n) is 2.16. The summed E-state index contributed by atoms with van der Waals surface area (Å²) in [5, 5.41) is 3.25. The zero-order valence-corrected chi connectivity index (χ0v) is 11.7. The summed E-state index contributed by atoms with van der Waals surface area (Å²) in [4.78, 5) is 0. The van der Waals surface area contributed by atoms with Crippen LogP contribution in [0.3, 0.4) is 0 Å². The Kier molecular flexibility index (Phi) is 5.66. The molecule has 0 saturated carbocycles. The van der Waals surface area contributed by atoms with Crippen molar-refractivity contribution in [3.63, 3.8) is 0 Å². The van der Waals surface area contributed by atoms with Crippen molar-refractivity contribution in [1.82, 2.24) is 5.32 Å². The van der Waals surface area contributed by atoms with Gasteiger partial charge in [0.15, 0.2) is 0 Å². The first-order valence-corrected chi connectivity index (χ1v) is 6.34. The Morgan fingerprint density at radius 2 is 2.00 bits per heavy atom. The highest BCUT2D eigenvalue weighted by molar-refractivity contribution is 5.35. The van der Waals surface area contributed by atoms with Crippen molar-refractivity contribution in [2.24, 2.45) is 0 Å². The van der Waals surface area contributed by atoms with E-state index < -0.39 is 0 Å². The lowest BCUT2D eigenvalue weighted by Crippen LogP contribution is -2.21. The van der Waals surface area contributed by atoms with Gasteiger partial charge in [-0.2, -0.15) is 0 Å². The van der Waals surface area contributed by atoms with Gasteiger partial charge in [-0.15, -0.1) is 0 Å². The van der Waals surface area contributed by atoms with Gasteiger partial charge in [-0.3, -0.25) is 0 Å². The molecule has 96 valence electrons. The molecule has 0 aliphatic carbocycles. The van der Waals surface area contributed by atoms with Crippen molar-refractivity contribution in [3.05, 3.63) is 34.9 Å². The van der Waals surface area contributed by atoms with Crippen molar-refractivity contribution in [2.45, 2.75) is 32.6 Å². The van der Waals surface area contributed by atoms with Crippen LogP contribution < -0.4 is 5.32 Å². The number of hydrogen-bond acceptors (Lipinski definition) is 2. The summed E-state index contributed by atoms with van der Waals surface area (Å²) in [6.45, 7) is 8.37. The van der Waals surface area contributed by atoms with E-state index in [1.807, 2.05) is 7.05 Å². The predicted molar refractivity (Wildman–Crippen MR) is 73.8 cm³/mol. The lowest BCUT2D eigenvalue weighted by molar-refractivity contribution is 0.178. The van der Waals surface area contributed by atoms with E-state index in [4.69, 9.17) is 4.74 Å². The van der Waals surface area contributed by atoms with E-state index in [1.54, 1.807) is 7.11 Å². The van der Waals surface area contributed by atoms with E-state index in [1.165, 1.54) is 16.7 Å². The number of benzene rings is 1. The Morgan fingerprint density at radius 3 is 2.53 bits per heavy atom. The third kappa shape index (κ3) is 3.83. The molecule has 0 spiro atoms. The molecule has 0 fully saturated rings. The number of rotatable bonds is 6. The second-order valence-corrected chi connectivity index (χ2v) is 4.98. The SMILES string of the molecule is CNCC(COC)c1cc(C(C)C)ccc1C. The lowest BCUT2D eigenvalue weighted by atomic mass is 9.90. The van der Waals surface area contributed by atoms with Gasteiger partial charge < -0.3 is 10.1 Å². The Balaban J connectivity index is 3.02. The summed E-state index contributed by atoms with van der Waals surface area (Å²) in [5.41, 5.74) is 4.17. The Hall–Kier alpha value is -0.860. The fraction of sp³-hybridized carbons (Fsp3) is 0.600. The van der Waals surface area contributed by atoms with Crippen LogP contribution in [0.2, 0.25) is 0 Å². The van der Waals surface area contributed by atoms with Gasteiger partial charge in [-0.25, -0.2) is 0 Å². The molecule has 1 atom stereocenters. The molecule has 1 unspecified atom stereocenters. The third-order valence-corrected chi connectivity index (χ3v) is 3.23. The highest BCUT2D eigenvalue weighted by atomic mass is 16.5. The molecule has 2 heteroatoms. The molecule has 0 radical (unpaired) electrons. The van der Waals surface area contributed by atoms with Crippen LogP contribution in [0, 0.1) is 6.92 Å². The van der Waals surface area contributed by atoms with Crippen LogP contribution in [-0.2, 0) is 4.74 Å². The van der Waals surface area contributed by atoms with Crippen LogP contribution in [0.15, 0.2) is 18.2 Å². The van der Waals surface area contributed by atoms with E-state index in [9.17, 15) is 0 Å². The molecule has 0 aromatic heterocycles. The summed E-state index contributed by atoms with van der Waals surface area (Å²) in [6.07, 6.45) is 0. The number of ether oxygens (including phenoxy) is 1. The third-order valence-electron chi connectivity index (χ3n) is 3.23. The molecule has 0 aliphatic rings. The van der Waals surface area contributed by atoms with Crippen LogP contribution in [0.5, 0.6) is 0 Å². The maximum absolute atomic E-state index is 5.33. The molecule has 1 aromatic rings. The number of methoxy groups -OCH3 is 1. The van der Waals surface area contributed by atoms with Crippen LogP contribution in [0.4, 0.5) is 0 Å². The molecule has 1 N–H and O–H groups in total. The summed E-state index contributed by atoms with van der Waals surface area (Å²) in [6, 6.07) is 6.79. The normalized spacial score (nSPS) is 13.1. The highest BCUT2D eigenvalue weighted by Crippen LogP contribution is 2.24. The first kappa shape index (κ1) is 14.2. The zero-order chi connectivity index (χ0) is 12.8. The Labute approximate surface area is 105 Å². The first-order chi connectivity index (χ1) is 8.10. The van der Waals surface area contributed by atoms with Gasteiger partial charge in [-0.1, -0.05) is 32.0 Å². The van der Waals surface area contributed by atoms with Crippen molar-refractivity contribution in [2.75, 3.05) is 27.3 Å².